The molecular weight excluding hydrogens is 413 g/mol. The summed E-state index contributed by atoms with van der Waals surface area (Å²) in [7, 11) is 1.52. The minimum Gasteiger partial charge on any atom is -0.508 e. The number of hydrogen-bond acceptors (Lipinski definition) is 5. The zero-order valence-electron chi connectivity index (χ0n) is 17.4. The number of phenols is 1. The third-order valence-electron chi connectivity index (χ3n) is 5.39. The average Bonchev–Trinajstić information content (AvgIpc) is 3.04. The van der Waals surface area contributed by atoms with Gasteiger partial charge in [0.25, 0.3) is 11.7 Å². The maximum absolute atomic E-state index is 13.9. The molecule has 162 valence electrons. The van der Waals surface area contributed by atoms with Crippen LogP contribution in [0.25, 0.3) is 5.76 Å². The van der Waals surface area contributed by atoms with Crippen molar-refractivity contribution >= 4 is 23.1 Å². The van der Waals surface area contributed by atoms with Crippen molar-refractivity contribution in [3.63, 3.8) is 0 Å². The number of aliphatic hydroxyl groups excluding tert-OH is 1. The van der Waals surface area contributed by atoms with E-state index in [1.807, 2.05) is 0 Å². The molecule has 2 N–H and O–H groups in total. The molecule has 1 fully saturated rings. The number of Topliss-reactive ketones (excluding diaryl/α,β-unsaturated/α-hetero) is 1. The zero-order chi connectivity index (χ0) is 23.0. The van der Waals surface area contributed by atoms with E-state index in [0.717, 1.165) is 16.5 Å². The molecule has 0 aromatic heterocycles. The Morgan fingerprint density at radius 2 is 1.78 bits per heavy atom. The molecule has 0 radical (unpaired) electrons. The normalized spacial score (nSPS) is 17.6. The fourth-order valence-corrected chi connectivity index (χ4v) is 3.92. The molecule has 1 heterocycles. The number of benzene rings is 3. The number of carbonyl (C=O) groups excluding carboxylic acids is 2. The number of amides is 1. The third kappa shape index (κ3) is 3.58. The number of nitrogens with zero attached hydrogens (tertiary/aromatic N) is 1. The van der Waals surface area contributed by atoms with Crippen LogP contribution in [0.5, 0.6) is 11.5 Å². The Kier molecular flexibility index (Phi) is 5.40. The molecule has 1 aliphatic heterocycles. The van der Waals surface area contributed by atoms with Crippen molar-refractivity contribution in [2.75, 3.05) is 12.0 Å². The van der Waals surface area contributed by atoms with Crippen LogP contribution in [-0.4, -0.2) is 29.0 Å². The third-order valence-corrected chi connectivity index (χ3v) is 5.39. The number of methoxy groups -OCH3 is 1. The summed E-state index contributed by atoms with van der Waals surface area (Å²) in [5.74, 6) is -2.24. The molecule has 32 heavy (non-hydrogen) atoms. The summed E-state index contributed by atoms with van der Waals surface area (Å²) < 4.78 is 19.2. The van der Waals surface area contributed by atoms with E-state index in [2.05, 4.69) is 0 Å². The van der Waals surface area contributed by atoms with E-state index in [4.69, 9.17) is 4.74 Å². The smallest absolute Gasteiger partial charge is 0.300 e. The first-order valence-corrected chi connectivity index (χ1v) is 9.82. The van der Waals surface area contributed by atoms with Crippen LogP contribution in [0.15, 0.2) is 72.3 Å². The number of ether oxygens (including phenoxy) is 1. The Morgan fingerprint density at radius 1 is 1.03 bits per heavy atom. The molecular formula is C25H20FNO5. The lowest BCUT2D eigenvalue weighted by Crippen LogP contribution is -2.29. The van der Waals surface area contributed by atoms with E-state index in [1.54, 1.807) is 37.3 Å². The van der Waals surface area contributed by atoms with Gasteiger partial charge in [-0.1, -0.05) is 18.2 Å². The highest BCUT2D eigenvalue weighted by Gasteiger charge is 2.47. The highest BCUT2D eigenvalue weighted by Crippen LogP contribution is 2.43. The van der Waals surface area contributed by atoms with Crippen molar-refractivity contribution in [2.24, 2.45) is 0 Å². The van der Waals surface area contributed by atoms with Crippen molar-refractivity contribution < 1.29 is 28.9 Å². The monoisotopic (exact) mass is 433 g/mol. The lowest BCUT2D eigenvalue weighted by Gasteiger charge is -2.25. The van der Waals surface area contributed by atoms with Crippen LogP contribution in [0.1, 0.15) is 22.7 Å². The topological polar surface area (TPSA) is 87.1 Å². The molecule has 3 aromatic rings. The predicted octanol–water partition coefficient (Wildman–Crippen LogP) is 4.47. The Bertz CT molecular complexity index is 1270. The van der Waals surface area contributed by atoms with Crippen LogP contribution in [0.4, 0.5) is 10.1 Å². The fourth-order valence-electron chi connectivity index (χ4n) is 3.92. The molecule has 7 heteroatoms. The zero-order valence-corrected chi connectivity index (χ0v) is 17.4. The molecule has 1 amide bonds. The van der Waals surface area contributed by atoms with Gasteiger partial charge in [0.15, 0.2) is 0 Å². The van der Waals surface area contributed by atoms with Gasteiger partial charge < -0.3 is 14.9 Å². The molecule has 3 aromatic carbocycles. The molecule has 1 aliphatic rings. The van der Waals surface area contributed by atoms with E-state index >= 15 is 0 Å². The standard InChI is InChI=1S/C25H20FNO5/c1-14-11-16(9-10-20(14)32-2)23(29)21-22(15-5-3-8-19(28)12-15)27(25(31)24(21)30)18-7-4-6-17(26)13-18/h3-13,22,28-29H,1-2H3/b23-21+. The quantitative estimate of drug-likeness (QED) is 0.360. The molecule has 1 atom stereocenters. The summed E-state index contributed by atoms with van der Waals surface area (Å²) in [5.41, 5.74) is 1.44. The van der Waals surface area contributed by atoms with Crippen LogP contribution in [-0.2, 0) is 9.59 Å². The minimum atomic E-state index is -1.06. The molecule has 0 saturated carbocycles. The second kappa shape index (κ2) is 8.19. The number of aryl methyl sites for hydroxylation is 1. The number of aromatic hydroxyl groups is 1. The van der Waals surface area contributed by atoms with Gasteiger partial charge in [-0.2, -0.15) is 0 Å². The Balaban J connectivity index is 1.95. The van der Waals surface area contributed by atoms with Gasteiger partial charge in [-0.15, -0.1) is 0 Å². The maximum atomic E-state index is 13.9. The van der Waals surface area contributed by atoms with E-state index < -0.39 is 23.5 Å². The van der Waals surface area contributed by atoms with Crippen LogP contribution in [0, 0.1) is 12.7 Å². The molecule has 1 unspecified atom stereocenters. The van der Waals surface area contributed by atoms with Crippen LogP contribution in [0.3, 0.4) is 0 Å². The van der Waals surface area contributed by atoms with Crippen LogP contribution in [0.2, 0.25) is 0 Å². The molecule has 0 spiro atoms. The van der Waals surface area contributed by atoms with Crippen molar-refractivity contribution in [1.29, 1.82) is 0 Å². The van der Waals surface area contributed by atoms with Gasteiger partial charge in [0.1, 0.15) is 23.1 Å². The summed E-state index contributed by atoms with van der Waals surface area (Å²) >= 11 is 0. The van der Waals surface area contributed by atoms with Gasteiger partial charge >= 0.3 is 0 Å². The van der Waals surface area contributed by atoms with Crippen molar-refractivity contribution in [2.45, 2.75) is 13.0 Å². The number of phenolic OH excluding ortho intramolecular Hbond substituents is 1. The lowest BCUT2D eigenvalue weighted by atomic mass is 9.94. The van der Waals surface area contributed by atoms with Gasteiger partial charge in [0.2, 0.25) is 0 Å². The van der Waals surface area contributed by atoms with Gasteiger partial charge in [-0.3, -0.25) is 14.5 Å². The average molecular weight is 433 g/mol. The number of halogens is 1. The molecule has 6 nitrogen and oxygen atoms in total. The number of carbonyl (C=O) groups is 2. The minimum absolute atomic E-state index is 0.0763. The predicted molar refractivity (Wildman–Crippen MR) is 117 cm³/mol. The first-order valence-electron chi connectivity index (χ1n) is 9.82. The van der Waals surface area contributed by atoms with Crippen LogP contribution < -0.4 is 9.64 Å². The van der Waals surface area contributed by atoms with Crippen molar-refractivity contribution in [3.8, 4) is 11.5 Å². The number of aliphatic hydroxyl groups is 1. The summed E-state index contributed by atoms with van der Waals surface area (Å²) in [4.78, 5) is 27.2. The summed E-state index contributed by atoms with van der Waals surface area (Å²) in [6, 6.07) is 15.1. The number of hydrogen-bond donors (Lipinski definition) is 2. The van der Waals surface area contributed by atoms with Gasteiger partial charge in [-0.05, 0) is 66.6 Å². The number of anilines is 1. The second-order valence-electron chi connectivity index (χ2n) is 7.43. The Labute approximate surface area is 183 Å². The molecule has 4 rings (SSSR count). The largest absolute Gasteiger partial charge is 0.508 e. The molecule has 0 bridgehead atoms. The Hall–Kier alpha value is -4.13. The van der Waals surface area contributed by atoms with Gasteiger partial charge in [0.05, 0.1) is 18.7 Å². The fraction of sp³-hybridized carbons (Fsp3) is 0.120. The SMILES string of the molecule is COc1ccc(/C(O)=C2\C(=O)C(=O)N(c3cccc(F)c3)C2c2cccc(O)c2)cc1C. The van der Waals surface area contributed by atoms with E-state index in [-0.39, 0.29) is 22.8 Å². The van der Waals surface area contributed by atoms with E-state index in [0.29, 0.717) is 16.9 Å². The number of ketones is 1. The highest BCUT2D eigenvalue weighted by molar-refractivity contribution is 6.51. The Morgan fingerprint density at radius 3 is 2.44 bits per heavy atom. The summed E-state index contributed by atoms with van der Waals surface area (Å²) in [5, 5.41) is 21.1. The first kappa shape index (κ1) is 21.1. The lowest BCUT2D eigenvalue weighted by molar-refractivity contribution is -0.132. The first-order chi connectivity index (χ1) is 15.3. The van der Waals surface area contributed by atoms with Crippen LogP contribution >= 0.6 is 0 Å². The van der Waals surface area contributed by atoms with Crippen molar-refractivity contribution in [3.05, 3.63) is 94.8 Å². The highest BCUT2D eigenvalue weighted by atomic mass is 19.1. The maximum Gasteiger partial charge on any atom is 0.300 e. The number of rotatable bonds is 4. The van der Waals surface area contributed by atoms with E-state index in [1.165, 1.54) is 37.4 Å². The van der Waals surface area contributed by atoms with E-state index in [9.17, 15) is 24.2 Å². The van der Waals surface area contributed by atoms with Crippen molar-refractivity contribution in [1.82, 2.24) is 0 Å². The van der Waals surface area contributed by atoms with Gasteiger partial charge in [0, 0.05) is 11.3 Å². The summed E-state index contributed by atoms with van der Waals surface area (Å²) in [6.07, 6.45) is 0. The van der Waals surface area contributed by atoms with Gasteiger partial charge in [-0.25, -0.2) is 4.39 Å². The summed E-state index contributed by atoms with van der Waals surface area (Å²) in [6.45, 7) is 1.79. The molecule has 1 saturated heterocycles. The second-order valence-corrected chi connectivity index (χ2v) is 7.43. The molecule has 0 aliphatic carbocycles.